The molecule has 0 N–H and O–H groups in total. The highest BCUT2D eigenvalue weighted by Crippen LogP contribution is 2.36. The molecule has 1 aromatic carbocycles. The van der Waals surface area contributed by atoms with Gasteiger partial charge in [0.05, 0.1) is 41.3 Å². The number of hydrogen-bond acceptors (Lipinski definition) is 9. The van der Waals surface area contributed by atoms with Crippen LogP contribution in [0, 0.1) is 11.7 Å². The number of alkyl halides is 2. The van der Waals surface area contributed by atoms with E-state index in [-0.39, 0.29) is 23.9 Å². The second-order valence-electron chi connectivity index (χ2n) is 15.2. The number of hydrogen-bond donors (Lipinski definition) is 0. The van der Waals surface area contributed by atoms with Crippen molar-refractivity contribution in [2.24, 2.45) is 5.92 Å². The Morgan fingerprint density at radius 3 is 2.40 bits per heavy atom. The Morgan fingerprint density at radius 1 is 0.818 bits per heavy atom. The topological polar surface area (TPSA) is 108 Å². The van der Waals surface area contributed by atoms with Crippen LogP contribution >= 0.6 is 0 Å². The lowest BCUT2D eigenvalue weighted by atomic mass is 9.92. The van der Waals surface area contributed by atoms with E-state index in [1.165, 1.54) is 12.3 Å². The largest absolute Gasteiger partial charge is 0.354 e. The first-order chi connectivity index (χ1) is 26.7. The van der Waals surface area contributed by atoms with Gasteiger partial charge < -0.3 is 14.7 Å². The molecule has 3 fully saturated rings. The molecule has 4 aliphatic rings. The maximum Gasteiger partial charge on any atom is 0.319 e. The van der Waals surface area contributed by atoms with E-state index < -0.39 is 18.4 Å². The molecule has 5 aromatic rings. The zero-order valence-electron chi connectivity index (χ0n) is 30.3. The molecular formula is C41H41F3N8O3. The van der Waals surface area contributed by atoms with Crippen LogP contribution in [0.5, 0.6) is 0 Å². The van der Waals surface area contributed by atoms with Crippen molar-refractivity contribution in [1.82, 2.24) is 29.3 Å². The summed E-state index contributed by atoms with van der Waals surface area (Å²) < 4.78 is 44.8. The van der Waals surface area contributed by atoms with Crippen molar-refractivity contribution in [3.63, 3.8) is 0 Å². The van der Waals surface area contributed by atoms with Crippen molar-refractivity contribution in [2.75, 3.05) is 55.6 Å². The van der Waals surface area contributed by atoms with E-state index in [1.54, 1.807) is 41.6 Å². The summed E-state index contributed by atoms with van der Waals surface area (Å²) in [5.41, 5.74) is 3.14. The van der Waals surface area contributed by atoms with Gasteiger partial charge in [0.15, 0.2) is 17.4 Å². The van der Waals surface area contributed by atoms with Gasteiger partial charge in [-0.15, -0.1) is 0 Å². The van der Waals surface area contributed by atoms with Gasteiger partial charge in [-0.2, -0.15) is 8.78 Å². The first kappa shape index (κ1) is 35.3. The van der Waals surface area contributed by atoms with Crippen LogP contribution < -0.4 is 9.80 Å². The standard InChI is InChI=1S/C41H41F3N8O3/c42-32-19-27(26-1-3-29-31-23-45-11-7-34(31)52(41(43)44)36(29)20-26)22-46-39(32)50-13-9-25(10-14-50)8-12-48-15-17-49(18-16-48)38-6-4-30-33(47-38)24-51(40(30)55)35-5-2-28(53)21-37(35)54/h1,3-4,6-7,11,19-20,22-23,25,35,41H,2,5,8-10,12-18,21,24H2. The minimum absolute atomic E-state index is 0.0579. The SMILES string of the molecule is O=C1CCC(N2Cc3nc(N4CCN(CCC5CCN(c6ncc(-c7ccc8c9cnccc9n(C(F)F)c8c7)cc6F)CC5)CC4)ccc3C2=O)C(=O)C1. The quantitative estimate of drug-likeness (QED) is 0.170. The predicted octanol–water partition coefficient (Wildman–Crippen LogP) is 6.26. The number of piperazine rings is 1. The number of halogens is 3. The smallest absolute Gasteiger partial charge is 0.319 e. The number of aromatic nitrogens is 4. The molecule has 1 saturated carbocycles. The number of pyridine rings is 3. The predicted molar refractivity (Wildman–Crippen MR) is 202 cm³/mol. The van der Waals surface area contributed by atoms with Gasteiger partial charge in [0, 0.05) is 80.6 Å². The number of Topliss-reactive ketones (excluding diaryl/α,β-unsaturated/α-hetero) is 2. The van der Waals surface area contributed by atoms with Crippen LogP contribution in [0.3, 0.4) is 0 Å². The fraction of sp³-hybridized carbons (Fsp3) is 0.415. The lowest BCUT2D eigenvalue weighted by molar-refractivity contribution is -0.133. The van der Waals surface area contributed by atoms with Crippen molar-refractivity contribution in [3.05, 3.63) is 78.1 Å². The van der Waals surface area contributed by atoms with Crippen LogP contribution in [0.25, 0.3) is 32.9 Å². The number of anilines is 2. The number of amides is 1. The maximum atomic E-state index is 15.6. The van der Waals surface area contributed by atoms with E-state index in [1.807, 2.05) is 17.0 Å². The second-order valence-corrected chi connectivity index (χ2v) is 15.2. The molecule has 2 saturated heterocycles. The number of carbonyl (C=O) groups excluding carboxylic acids is 3. The monoisotopic (exact) mass is 750 g/mol. The first-order valence-corrected chi connectivity index (χ1v) is 19.1. The van der Waals surface area contributed by atoms with Crippen LogP contribution in [0.15, 0.2) is 61.1 Å². The number of ketones is 2. The van der Waals surface area contributed by atoms with E-state index in [4.69, 9.17) is 4.98 Å². The van der Waals surface area contributed by atoms with E-state index >= 15 is 4.39 Å². The summed E-state index contributed by atoms with van der Waals surface area (Å²) in [6.07, 6.45) is 8.28. The summed E-state index contributed by atoms with van der Waals surface area (Å²) in [5, 5.41) is 1.31. The highest BCUT2D eigenvalue weighted by Gasteiger charge is 2.40. The highest BCUT2D eigenvalue weighted by molar-refractivity contribution is 6.09. The summed E-state index contributed by atoms with van der Waals surface area (Å²) in [6.45, 7) is 3.45. The Labute approximate surface area is 315 Å². The Hall–Kier alpha value is -5.37. The normalized spacial score (nSPS) is 20.1. The summed E-state index contributed by atoms with van der Waals surface area (Å²) in [4.78, 5) is 59.1. The average Bonchev–Trinajstić information content (AvgIpc) is 3.71. The van der Waals surface area contributed by atoms with Gasteiger partial charge in [-0.05, 0) is 74.0 Å². The van der Waals surface area contributed by atoms with E-state index in [2.05, 4.69) is 19.8 Å². The van der Waals surface area contributed by atoms with E-state index in [0.717, 1.165) is 62.4 Å². The second kappa shape index (κ2) is 14.4. The van der Waals surface area contributed by atoms with Gasteiger partial charge in [0.1, 0.15) is 11.6 Å². The van der Waals surface area contributed by atoms with Gasteiger partial charge in [-0.3, -0.25) is 28.8 Å². The van der Waals surface area contributed by atoms with Crippen LogP contribution in [0.2, 0.25) is 0 Å². The summed E-state index contributed by atoms with van der Waals surface area (Å²) in [5.74, 6) is 0.859. The number of fused-ring (bicyclic) bond motifs is 4. The molecule has 0 spiro atoms. The van der Waals surface area contributed by atoms with Gasteiger partial charge >= 0.3 is 6.55 Å². The van der Waals surface area contributed by atoms with E-state index in [9.17, 15) is 23.2 Å². The zero-order valence-corrected chi connectivity index (χ0v) is 30.3. The van der Waals surface area contributed by atoms with Gasteiger partial charge in [-0.1, -0.05) is 12.1 Å². The molecule has 55 heavy (non-hydrogen) atoms. The van der Waals surface area contributed by atoms with Gasteiger partial charge in [0.2, 0.25) is 0 Å². The lowest BCUT2D eigenvalue weighted by Gasteiger charge is -2.37. The Balaban J connectivity index is 0.763. The fourth-order valence-corrected chi connectivity index (χ4v) is 8.91. The number of nitrogens with zero attached hydrogens (tertiary/aromatic N) is 8. The van der Waals surface area contributed by atoms with Crippen molar-refractivity contribution in [1.29, 1.82) is 0 Å². The minimum Gasteiger partial charge on any atom is -0.354 e. The molecule has 1 unspecified atom stereocenters. The third kappa shape index (κ3) is 6.59. The Morgan fingerprint density at radius 2 is 1.64 bits per heavy atom. The average molecular weight is 751 g/mol. The maximum absolute atomic E-state index is 15.6. The molecule has 3 aliphatic heterocycles. The van der Waals surface area contributed by atoms with Crippen LogP contribution in [-0.4, -0.2) is 98.6 Å². The van der Waals surface area contributed by atoms with Crippen molar-refractivity contribution >= 4 is 50.9 Å². The molecule has 9 rings (SSSR count). The summed E-state index contributed by atoms with van der Waals surface area (Å²) in [7, 11) is 0. The van der Waals surface area contributed by atoms with Crippen molar-refractivity contribution in [3.8, 4) is 11.1 Å². The highest BCUT2D eigenvalue weighted by atomic mass is 19.3. The molecule has 1 atom stereocenters. The minimum atomic E-state index is -2.73. The molecule has 11 nitrogen and oxygen atoms in total. The Kier molecular flexibility index (Phi) is 9.23. The van der Waals surface area contributed by atoms with Gasteiger partial charge in [0.25, 0.3) is 5.91 Å². The lowest BCUT2D eigenvalue weighted by Crippen LogP contribution is -2.47. The molecule has 4 aromatic heterocycles. The van der Waals surface area contributed by atoms with Crippen LogP contribution in [0.4, 0.5) is 24.8 Å². The van der Waals surface area contributed by atoms with Crippen molar-refractivity contribution in [2.45, 2.75) is 57.7 Å². The number of benzene rings is 1. The molecule has 0 radical (unpaired) electrons. The zero-order chi connectivity index (χ0) is 37.8. The third-order valence-corrected chi connectivity index (χ3v) is 12.0. The summed E-state index contributed by atoms with van der Waals surface area (Å²) in [6, 6.07) is 11.4. The number of carbonyl (C=O) groups is 3. The molecular weight excluding hydrogens is 709 g/mol. The summed E-state index contributed by atoms with van der Waals surface area (Å²) >= 11 is 0. The molecule has 1 amide bonds. The molecule has 1 aliphatic carbocycles. The first-order valence-electron chi connectivity index (χ1n) is 19.1. The van der Waals surface area contributed by atoms with Crippen LogP contribution in [-0.2, 0) is 16.1 Å². The number of piperidine rings is 1. The van der Waals surface area contributed by atoms with Gasteiger partial charge in [-0.25, -0.2) is 14.4 Å². The molecule has 284 valence electrons. The van der Waals surface area contributed by atoms with Crippen LogP contribution in [0.1, 0.15) is 61.1 Å². The fourth-order valence-electron chi connectivity index (χ4n) is 8.91. The molecule has 7 heterocycles. The Bertz CT molecular complexity index is 2320. The van der Waals surface area contributed by atoms with Crippen molar-refractivity contribution < 1.29 is 27.6 Å². The molecule has 0 bridgehead atoms. The number of rotatable bonds is 8. The molecule has 14 heteroatoms. The van der Waals surface area contributed by atoms with E-state index in [0.29, 0.717) is 88.4 Å². The third-order valence-electron chi connectivity index (χ3n) is 12.0.